The van der Waals surface area contributed by atoms with Crippen LogP contribution in [0.15, 0.2) is 36.4 Å². The van der Waals surface area contributed by atoms with Crippen LogP contribution in [0.2, 0.25) is 0 Å². The van der Waals surface area contributed by atoms with Crippen molar-refractivity contribution in [2.24, 2.45) is 0 Å². The normalized spacial score (nSPS) is 11.4. The van der Waals surface area contributed by atoms with Crippen LogP contribution in [0.1, 0.15) is 15.9 Å². The Balaban J connectivity index is 2.09. The maximum atomic E-state index is 14.6. The Labute approximate surface area is 148 Å². The number of alkyl halides is 3. The molecule has 0 aliphatic rings. The monoisotopic (exact) mass is 381 g/mol. The zero-order valence-electron chi connectivity index (χ0n) is 13.3. The number of hydrogen-bond acceptors (Lipinski definition) is 5. The molecule has 0 bridgehead atoms. The molecule has 0 saturated heterocycles. The van der Waals surface area contributed by atoms with Crippen LogP contribution in [0.5, 0.6) is 0 Å². The number of carbonyl (C=O) groups is 1. The van der Waals surface area contributed by atoms with E-state index in [9.17, 15) is 22.4 Å². The van der Waals surface area contributed by atoms with Crippen LogP contribution >= 0.6 is 0 Å². The Bertz CT molecular complexity index is 999. The fourth-order valence-electron chi connectivity index (χ4n) is 2.43. The molecule has 0 amide bonds. The van der Waals surface area contributed by atoms with Crippen molar-refractivity contribution in [2.45, 2.75) is 6.18 Å². The second-order valence-corrected chi connectivity index (χ2v) is 5.43. The van der Waals surface area contributed by atoms with E-state index in [0.29, 0.717) is 6.07 Å². The predicted molar refractivity (Wildman–Crippen MR) is 87.9 cm³/mol. The Kier molecular flexibility index (Phi) is 4.44. The molecule has 5 N–H and O–H groups in total. The lowest BCUT2D eigenvalue weighted by Crippen LogP contribution is -2.10. The predicted octanol–water partition coefficient (Wildman–Crippen LogP) is 3.65. The van der Waals surface area contributed by atoms with Gasteiger partial charge in [-0.25, -0.2) is 14.3 Å². The molecule has 27 heavy (non-hydrogen) atoms. The number of nitrogens with two attached hydrogens (primary N) is 1. The number of aromatic nitrogens is 3. The molecule has 0 aliphatic heterocycles. The molecule has 2 aromatic carbocycles. The molecule has 0 aliphatic carbocycles. The first kappa shape index (κ1) is 18.2. The molecular formula is C16H11F4N5O2. The SMILES string of the molecule is Nc1nc(Nc2cc(F)c(-c3ccc(C(=O)O)cc3)c(C(F)(F)F)c2)n[nH]1. The average Bonchev–Trinajstić information content (AvgIpc) is 2.98. The number of halogens is 4. The highest BCUT2D eigenvalue weighted by molar-refractivity contribution is 5.88. The highest BCUT2D eigenvalue weighted by Gasteiger charge is 2.36. The maximum Gasteiger partial charge on any atom is 0.417 e. The van der Waals surface area contributed by atoms with Crippen LogP contribution < -0.4 is 11.1 Å². The Morgan fingerprint density at radius 1 is 1.19 bits per heavy atom. The number of carboxylic acids is 1. The number of hydrogen-bond donors (Lipinski definition) is 4. The molecule has 0 fully saturated rings. The van der Waals surface area contributed by atoms with E-state index in [4.69, 9.17) is 10.8 Å². The number of nitrogen functional groups attached to an aromatic ring is 1. The molecular weight excluding hydrogens is 370 g/mol. The molecule has 7 nitrogen and oxygen atoms in total. The molecule has 0 saturated carbocycles. The fourth-order valence-corrected chi connectivity index (χ4v) is 2.43. The third kappa shape index (κ3) is 3.81. The first-order chi connectivity index (χ1) is 12.6. The van der Waals surface area contributed by atoms with Crippen molar-refractivity contribution in [1.82, 2.24) is 15.2 Å². The molecule has 0 radical (unpaired) electrons. The van der Waals surface area contributed by atoms with Crippen molar-refractivity contribution in [3.05, 3.63) is 53.3 Å². The summed E-state index contributed by atoms with van der Waals surface area (Å²) in [5.41, 5.74) is 2.92. The van der Waals surface area contributed by atoms with Gasteiger partial charge in [-0.15, -0.1) is 5.10 Å². The van der Waals surface area contributed by atoms with Crippen LogP contribution in [-0.4, -0.2) is 26.3 Å². The van der Waals surface area contributed by atoms with Gasteiger partial charge in [0, 0.05) is 11.3 Å². The smallest absolute Gasteiger partial charge is 0.417 e. The van der Waals surface area contributed by atoms with E-state index in [1.807, 2.05) is 0 Å². The van der Waals surface area contributed by atoms with Gasteiger partial charge in [0.2, 0.25) is 11.9 Å². The van der Waals surface area contributed by atoms with Crippen LogP contribution in [0.4, 0.5) is 35.1 Å². The van der Waals surface area contributed by atoms with Gasteiger partial charge in [0.1, 0.15) is 5.82 Å². The van der Waals surface area contributed by atoms with Crippen LogP contribution in [0, 0.1) is 5.82 Å². The first-order valence-corrected chi connectivity index (χ1v) is 7.34. The molecule has 140 valence electrons. The van der Waals surface area contributed by atoms with E-state index < -0.39 is 29.1 Å². The van der Waals surface area contributed by atoms with E-state index in [0.717, 1.165) is 30.3 Å². The van der Waals surface area contributed by atoms with Crippen molar-refractivity contribution in [3.8, 4) is 11.1 Å². The van der Waals surface area contributed by atoms with Crippen molar-refractivity contribution < 1.29 is 27.5 Å². The quantitative estimate of drug-likeness (QED) is 0.513. The van der Waals surface area contributed by atoms with Gasteiger partial charge >= 0.3 is 12.1 Å². The fraction of sp³-hybridized carbons (Fsp3) is 0.0625. The Morgan fingerprint density at radius 2 is 1.85 bits per heavy atom. The minimum absolute atomic E-state index is 0.0656. The van der Waals surface area contributed by atoms with Gasteiger partial charge in [0.15, 0.2) is 0 Å². The number of rotatable bonds is 4. The maximum absolute atomic E-state index is 14.6. The zero-order chi connectivity index (χ0) is 19.8. The van der Waals surface area contributed by atoms with Crippen molar-refractivity contribution >= 4 is 23.6 Å². The number of H-pyrrole nitrogens is 1. The van der Waals surface area contributed by atoms with Gasteiger partial charge < -0.3 is 16.2 Å². The third-order valence-electron chi connectivity index (χ3n) is 3.58. The third-order valence-corrected chi connectivity index (χ3v) is 3.58. The number of anilines is 3. The van der Waals surface area contributed by atoms with Crippen molar-refractivity contribution in [1.29, 1.82) is 0 Å². The molecule has 0 unspecified atom stereocenters. The molecule has 1 aromatic heterocycles. The summed E-state index contributed by atoms with van der Waals surface area (Å²) in [4.78, 5) is 14.6. The molecule has 11 heteroatoms. The van der Waals surface area contributed by atoms with Gasteiger partial charge in [-0.1, -0.05) is 12.1 Å². The first-order valence-electron chi connectivity index (χ1n) is 7.34. The van der Waals surface area contributed by atoms with E-state index in [1.54, 1.807) is 0 Å². The number of aromatic carboxylic acids is 1. The van der Waals surface area contributed by atoms with Crippen LogP contribution in [0.3, 0.4) is 0 Å². The molecule has 3 aromatic rings. The Morgan fingerprint density at radius 3 is 2.37 bits per heavy atom. The van der Waals surface area contributed by atoms with Gasteiger partial charge in [0.25, 0.3) is 0 Å². The molecule has 0 spiro atoms. The average molecular weight is 381 g/mol. The summed E-state index contributed by atoms with van der Waals surface area (Å²) in [7, 11) is 0. The number of benzene rings is 2. The summed E-state index contributed by atoms with van der Waals surface area (Å²) in [5.74, 6) is -2.59. The summed E-state index contributed by atoms with van der Waals surface area (Å²) < 4.78 is 55.1. The number of aromatic amines is 1. The van der Waals surface area contributed by atoms with Crippen LogP contribution in [0.25, 0.3) is 11.1 Å². The Hall–Kier alpha value is -3.63. The van der Waals surface area contributed by atoms with E-state index in [1.165, 1.54) is 0 Å². The summed E-state index contributed by atoms with van der Waals surface area (Å²) in [6, 6.07) is 5.97. The molecule has 1 heterocycles. The number of nitrogens with one attached hydrogen (secondary N) is 2. The van der Waals surface area contributed by atoms with Gasteiger partial charge in [-0.05, 0) is 29.8 Å². The van der Waals surface area contributed by atoms with Crippen LogP contribution in [-0.2, 0) is 6.18 Å². The lowest BCUT2D eigenvalue weighted by Gasteiger charge is -2.16. The molecule has 3 rings (SSSR count). The summed E-state index contributed by atoms with van der Waals surface area (Å²) in [6.07, 6.45) is -4.86. The molecule has 0 atom stereocenters. The minimum Gasteiger partial charge on any atom is -0.478 e. The second-order valence-electron chi connectivity index (χ2n) is 5.43. The lowest BCUT2D eigenvalue weighted by molar-refractivity contribution is -0.137. The van der Waals surface area contributed by atoms with Crippen molar-refractivity contribution in [2.75, 3.05) is 11.1 Å². The standard InChI is InChI=1S/C16H11F4N5O2/c17-11-6-9(22-15-23-14(21)24-25-15)5-10(16(18,19)20)12(11)7-1-3-8(4-2-7)13(26)27/h1-6H,(H,26,27)(H4,21,22,23,24,25). The minimum atomic E-state index is -4.86. The topological polar surface area (TPSA) is 117 Å². The second kappa shape index (κ2) is 6.59. The van der Waals surface area contributed by atoms with Crippen molar-refractivity contribution in [3.63, 3.8) is 0 Å². The van der Waals surface area contributed by atoms with Gasteiger partial charge in [-0.2, -0.15) is 18.2 Å². The number of nitrogens with zero attached hydrogens (tertiary/aromatic N) is 2. The highest BCUT2D eigenvalue weighted by Crippen LogP contribution is 2.40. The highest BCUT2D eigenvalue weighted by atomic mass is 19.4. The van der Waals surface area contributed by atoms with Gasteiger partial charge in [0.05, 0.1) is 11.1 Å². The summed E-state index contributed by atoms with van der Waals surface area (Å²) >= 11 is 0. The number of carboxylic acid groups (broad SMARTS) is 1. The van der Waals surface area contributed by atoms with E-state index in [-0.39, 0.29) is 28.7 Å². The van der Waals surface area contributed by atoms with E-state index in [2.05, 4.69) is 20.5 Å². The summed E-state index contributed by atoms with van der Waals surface area (Å²) in [5, 5.41) is 17.2. The summed E-state index contributed by atoms with van der Waals surface area (Å²) in [6.45, 7) is 0. The van der Waals surface area contributed by atoms with E-state index >= 15 is 0 Å². The lowest BCUT2D eigenvalue weighted by atomic mass is 9.97. The largest absolute Gasteiger partial charge is 0.478 e. The zero-order valence-corrected chi connectivity index (χ0v) is 13.3. The van der Waals surface area contributed by atoms with Gasteiger partial charge in [-0.3, -0.25) is 0 Å².